The molecule has 0 bridgehead atoms. The highest BCUT2D eigenvalue weighted by atomic mass is 35.5. The Morgan fingerprint density at radius 2 is 2.00 bits per heavy atom. The van der Waals surface area contributed by atoms with E-state index in [-0.39, 0.29) is 12.5 Å². The minimum atomic E-state index is -0.182. The summed E-state index contributed by atoms with van der Waals surface area (Å²) in [6.07, 6.45) is 6.12. The first-order chi connectivity index (χ1) is 17.1. The number of ether oxygens (including phenoxy) is 2. The van der Waals surface area contributed by atoms with Crippen molar-refractivity contribution in [2.75, 3.05) is 25.2 Å². The van der Waals surface area contributed by atoms with Crippen LogP contribution in [0.15, 0.2) is 73.3 Å². The van der Waals surface area contributed by atoms with Gasteiger partial charge in [0.05, 0.1) is 23.2 Å². The molecule has 9 heteroatoms. The van der Waals surface area contributed by atoms with Gasteiger partial charge in [0.25, 0.3) is 5.91 Å². The molecule has 0 spiro atoms. The molecule has 0 saturated heterocycles. The van der Waals surface area contributed by atoms with Crippen LogP contribution in [0.1, 0.15) is 6.42 Å². The lowest BCUT2D eigenvalue weighted by molar-refractivity contribution is -0.120. The lowest BCUT2D eigenvalue weighted by Gasteiger charge is -2.20. The molecular weight excluding hydrogens is 484 g/mol. The maximum Gasteiger partial charge on any atom is 0.266 e. The van der Waals surface area contributed by atoms with Gasteiger partial charge in [-0.2, -0.15) is 0 Å². The van der Waals surface area contributed by atoms with E-state index in [1.165, 1.54) is 11.3 Å². The van der Waals surface area contributed by atoms with E-state index in [0.29, 0.717) is 33.7 Å². The number of carbonyl (C=O) groups excluding carboxylic acids is 1. The largest absolute Gasteiger partial charge is 0.494 e. The molecule has 5 aromatic rings. The van der Waals surface area contributed by atoms with E-state index in [1.54, 1.807) is 36.7 Å². The molecule has 0 N–H and O–H groups in total. The SMILES string of the molecule is COc1ccc(Cl)c2sc(N(CCCn3ccnc3)C(=O)COc3ccc4ccccc4c3)nc12. The lowest BCUT2D eigenvalue weighted by atomic mass is 10.1. The second-order valence-corrected chi connectivity index (χ2v) is 9.31. The summed E-state index contributed by atoms with van der Waals surface area (Å²) in [7, 11) is 1.59. The summed E-state index contributed by atoms with van der Waals surface area (Å²) < 4.78 is 14.1. The van der Waals surface area contributed by atoms with Crippen LogP contribution in [0.3, 0.4) is 0 Å². The van der Waals surface area contributed by atoms with E-state index in [0.717, 1.165) is 28.4 Å². The first-order valence-electron chi connectivity index (χ1n) is 11.1. The summed E-state index contributed by atoms with van der Waals surface area (Å²) in [6.45, 7) is 1.09. The highest BCUT2D eigenvalue weighted by molar-refractivity contribution is 7.23. The molecule has 0 aliphatic rings. The Bertz CT molecular complexity index is 1470. The molecule has 0 aliphatic heterocycles. The summed E-state index contributed by atoms with van der Waals surface area (Å²) in [4.78, 5) is 23.8. The molecule has 0 fully saturated rings. The molecule has 35 heavy (non-hydrogen) atoms. The normalized spacial score (nSPS) is 11.1. The van der Waals surface area contributed by atoms with Crippen LogP contribution < -0.4 is 14.4 Å². The number of amides is 1. The van der Waals surface area contributed by atoms with Crippen LogP contribution in [-0.4, -0.2) is 40.7 Å². The Morgan fingerprint density at radius 1 is 1.14 bits per heavy atom. The van der Waals surface area contributed by atoms with E-state index in [2.05, 4.69) is 4.98 Å². The molecule has 0 unspecified atom stereocenters. The number of carbonyl (C=O) groups is 1. The van der Waals surface area contributed by atoms with Gasteiger partial charge in [-0.3, -0.25) is 9.69 Å². The zero-order chi connectivity index (χ0) is 24.2. The van der Waals surface area contributed by atoms with Crippen molar-refractivity contribution in [3.63, 3.8) is 0 Å². The number of hydrogen-bond donors (Lipinski definition) is 0. The lowest BCUT2D eigenvalue weighted by Crippen LogP contribution is -2.36. The minimum absolute atomic E-state index is 0.107. The molecule has 7 nitrogen and oxygen atoms in total. The van der Waals surface area contributed by atoms with Crippen LogP contribution in [0.5, 0.6) is 11.5 Å². The second kappa shape index (κ2) is 10.3. The molecule has 2 heterocycles. The third-order valence-corrected chi connectivity index (χ3v) is 7.18. The zero-order valence-electron chi connectivity index (χ0n) is 19.1. The molecule has 3 aromatic carbocycles. The number of imidazole rings is 1. The van der Waals surface area contributed by atoms with Crippen molar-refractivity contribution in [1.29, 1.82) is 0 Å². The number of anilines is 1. The van der Waals surface area contributed by atoms with Gasteiger partial charge in [0.2, 0.25) is 0 Å². The molecule has 2 aromatic heterocycles. The number of halogens is 1. The average Bonchev–Trinajstić information content (AvgIpc) is 3.56. The van der Waals surface area contributed by atoms with Gasteiger partial charge in [-0.1, -0.05) is 53.3 Å². The Morgan fingerprint density at radius 3 is 2.80 bits per heavy atom. The first kappa shape index (κ1) is 23.1. The number of aryl methyl sites for hydroxylation is 1. The van der Waals surface area contributed by atoms with E-state index in [9.17, 15) is 4.79 Å². The van der Waals surface area contributed by atoms with Gasteiger partial charge in [0, 0.05) is 25.5 Å². The second-order valence-electron chi connectivity index (χ2n) is 7.92. The van der Waals surface area contributed by atoms with Crippen LogP contribution in [0.2, 0.25) is 5.02 Å². The maximum atomic E-state index is 13.4. The van der Waals surface area contributed by atoms with Gasteiger partial charge >= 0.3 is 0 Å². The molecule has 178 valence electrons. The van der Waals surface area contributed by atoms with E-state index in [4.69, 9.17) is 26.1 Å². The van der Waals surface area contributed by atoms with Crippen molar-refractivity contribution in [3.8, 4) is 11.5 Å². The van der Waals surface area contributed by atoms with Crippen LogP contribution in [0.25, 0.3) is 21.0 Å². The number of aromatic nitrogens is 3. The molecule has 0 aliphatic carbocycles. The van der Waals surface area contributed by atoms with Gasteiger partial charge in [0.15, 0.2) is 11.7 Å². The third-order valence-electron chi connectivity index (χ3n) is 5.64. The van der Waals surface area contributed by atoms with Crippen LogP contribution in [-0.2, 0) is 11.3 Å². The number of rotatable bonds is 9. The number of methoxy groups -OCH3 is 1. The number of benzene rings is 3. The molecule has 0 atom stereocenters. The third kappa shape index (κ3) is 5.08. The van der Waals surface area contributed by atoms with Crippen LogP contribution >= 0.6 is 22.9 Å². The quantitative estimate of drug-likeness (QED) is 0.252. The van der Waals surface area contributed by atoms with E-state index >= 15 is 0 Å². The van der Waals surface area contributed by atoms with Crippen molar-refractivity contribution in [1.82, 2.24) is 14.5 Å². The molecular formula is C26H23ClN4O3S. The molecule has 0 saturated carbocycles. The standard InChI is InChI=1S/C26H23ClN4O3S/c1-33-22-10-9-21(27)25-24(22)29-26(35-25)31(13-4-12-30-14-11-28-17-30)23(32)16-34-20-8-7-18-5-2-3-6-19(18)15-20/h2-3,5-11,14-15,17H,4,12-13,16H2,1H3. The van der Waals surface area contributed by atoms with Crippen LogP contribution in [0, 0.1) is 0 Å². The van der Waals surface area contributed by atoms with Gasteiger partial charge in [-0.25, -0.2) is 9.97 Å². The Balaban J connectivity index is 1.38. The maximum absolute atomic E-state index is 13.4. The fourth-order valence-electron chi connectivity index (χ4n) is 3.86. The van der Waals surface area contributed by atoms with Crippen molar-refractivity contribution in [2.45, 2.75) is 13.0 Å². The molecule has 0 radical (unpaired) electrons. The van der Waals surface area contributed by atoms with Crippen molar-refractivity contribution >= 4 is 55.0 Å². The summed E-state index contributed by atoms with van der Waals surface area (Å²) >= 11 is 7.79. The number of fused-ring (bicyclic) bond motifs is 2. The van der Waals surface area contributed by atoms with Gasteiger partial charge in [-0.15, -0.1) is 0 Å². The fraction of sp³-hybridized carbons (Fsp3) is 0.192. The van der Waals surface area contributed by atoms with Gasteiger partial charge in [0.1, 0.15) is 17.0 Å². The number of hydrogen-bond acceptors (Lipinski definition) is 6. The summed E-state index contributed by atoms with van der Waals surface area (Å²) in [5.74, 6) is 1.08. The smallest absolute Gasteiger partial charge is 0.266 e. The van der Waals surface area contributed by atoms with Crippen LogP contribution in [0.4, 0.5) is 5.13 Å². The van der Waals surface area contributed by atoms with Gasteiger partial charge in [-0.05, 0) is 41.5 Å². The zero-order valence-corrected chi connectivity index (χ0v) is 20.6. The number of thiazole rings is 1. The monoisotopic (exact) mass is 506 g/mol. The minimum Gasteiger partial charge on any atom is -0.494 e. The number of nitrogens with zero attached hydrogens (tertiary/aromatic N) is 4. The fourth-order valence-corrected chi connectivity index (χ4v) is 5.16. The topological polar surface area (TPSA) is 69.5 Å². The van der Waals surface area contributed by atoms with E-state index in [1.807, 2.05) is 53.2 Å². The van der Waals surface area contributed by atoms with Crippen molar-refractivity contribution in [3.05, 3.63) is 78.3 Å². The Hall–Kier alpha value is -3.62. The predicted molar refractivity (Wildman–Crippen MR) is 140 cm³/mol. The highest BCUT2D eigenvalue weighted by Gasteiger charge is 2.22. The first-order valence-corrected chi connectivity index (χ1v) is 12.3. The average molecular weight is 507 g/mol. The molecule has 1 amide bonds. The predicted octanol–water partition coefficient (Wildman–Crippen LogP) is 5.81. The summed E-state index contributed by atoms with van der Waals surface area (Å²) in [5, 5.41) is 3.31. The Labute approximate surface area is 211 Å². The summed E-state index contributed by atoms with van der Waals surface area (Å²) in [6, 6.07) is 17.4. The summed E-state index contributed by atoms with van der Waals surface area (Å²) in [5.41, 5.74) is 0.642. The van der Waals surface area contributed by atoms with Crippen molar-refractivity contribution in [2.24, 2.45) is 0 Å². The Kier molecular flexibility index (Phi) is 6.83. The highest BCUT2D eigenvalue weighted by Crippen LogP contribution is 2.38. The van der Waals surface area contributed by atoms with Crippen molar-refractivity contribution < 1.29 is 14.3 Å². The molecule has 5 rings (SSSR count). The van der Waals surface area contributed by atoms with Gasteiger partial charge < -0.3 is 14.0 Å². The van der Waals surface area contributed by atoms with E-state index < -0.39 is 0 Å².